The molecule has 1 aromatic carbocycles. The quantitative estimate of drug-likeness (QED) is 0.452. The number of pyridine rings is 1. The summed E-state index contributed by atoms with van der Waals surface area (Å²) in [6.07, 6.45) is -0.751. The summed E-state index contributed by atoms with van der Waals surface area (Å²) in [6.45, 7) is 1.41. The first kappa shape index (κ1) is 19.3. The van der Waals surface area contributed by atoms with E-state index < -0.39 is 17.8 Å². The average Bonchev–Trinajstić information content (AvgIpc) is 2.53. The van der Waals surface area contributed by atoms with E-state index in [0.717, 1.165) is 0 Å². The Morgan fingerprint density at radius 2 is 2.12 bits per heavy atom. The predicted molar refractivity (Wildman–Crippen MR) is 99.2 cm³/mol. The Balaban J connectivity index is 2.34. The molecular weight excluding hydrogens is 444 g/mol. The van der Waals surface area contributed by atoms with Crippen molar-refractivity contribution >= 4 is 40.0 Å². The number of amides is 1. The summed E-state index contributed by atoms with van der Waals surface area (Å²) in [5, 5.41) is 11.9. The van der Waals surface area contributed by atoms with Crippen LogP contribution in [0.4, 0.5) is 15.9 Å². The Bertz CT molecular complexity index is 839. The molecule has 1 amide bonds. The van der Waals surface area contributed by atoms with Crippen LogP contribution in [-0.4, -0.2) is 28.3 Å². The van der Waals surface area contributed by atoms with Gasteiger partial charge in [0.1, 0.15) is 18.2 Å². The molecule has 0 bridgehead atoms. The topological polar surface area (TPSA) is 92.6 Å². The maximum Gasteiger partial charge on any atom is 0.278 e. The van der Waals surface area contributed by atoms with E-state index in [1.165, 1.54) is 42.8 Å². The normalized spacial score (nSPS) is 11.9. The second-order valence-corrected chi connectivity index (χ2v) is 6.58. The molecule has 1 atom stereocenters. The minimum absolute atomic E-state index is 0.0886. The molecule has 7 nitrogen and oxygen atoms in total. The first-order valence-electron chi connectivity index (χ1n) is 7.32. The van der Waals surface area contributed by atoms with Crippen LogP contribution in [-0.2, 0) is 11.9 Å². The van der Waals surface area contributed by atoms with E-state index in [1.807, 2.05) is 22.6 Å². The van der Waals surface area contributed by atoms with E-state index in [4.69, 9.17) is 9.94 Å². The highest BCUT2D eigenvalue weighted by Crippen LogP contribution is 2.23. The van der Waals surface area contributed by atoms with Crippen molar-refractivity contribution in [1.82, 2.24) is 10.0 Å². The minimum atomic E-state index is -0.751. The summed E-state index contributed by atoms with van der Waals surface area (Å²) in [5.74, 6) is -1.03. The van der Waals surface area contributed by atoms with Gasteiger partial charge in [0, 0.05) is 16.7 Å². The highest BCUT2D eigenvalue weighted by molar-refractivity contribution is 14.1. The summed E-state index contributed by atoms with van der Waals surface area (Å²) in [5.41, 5.74) is 2.03. The Labute approximate surface area is 156 Å². The summed E-state index contributed by atoms with van der Waals surface area (Å²) >= 11 is 1.98. The number of hydrogen-bond acceptors (Lipinski definition) is 5. The first-order chi connectivity index (χ1) is 11.8. The Morgan fingerprint density at radius 3 is 2.76 bits per heavy atom. The lowest BCUT2D eigenvalue weighted by Gasteiger charge is -2.16. The SMILES string of the molecule is C[C@H](O)CONC(=O)c1ccc(=O)n(C)c1Nc1ccc(I)cc1F. The van der Waals surface area contributed by atoms with Crippen molar-refractivity contribution in [2.75, 3.05) is 11.9 Å². The van der Waals surface area contributed by atoms with Crippen LogP contribution in [0.1, 0.15) is 17.3 Å². The third-order valence-corrected chi connectivity index (χ3v) is 3.90. The van der Waals surface area contributed by atoms with Crippen molar-refractivity contribution in [3.63, 3.8) is 0 Å². The Kier molecular flexibility index (Phi) is 6.51. The number of rotatable bonds is 6. The van der Waals surface area contributed by atoms with Gasteiger partial charge in [-0.05, 0) is 53.8 Å². The maximum atomic E-state index is 14.1. The lowest BCUT2D eigenvalue weighted by atomic mass is 10.2. The fourth-order valence-electron chi connectivity index (χ4n) is 1.97. The van der Waals surface area contributed by atoms with Gasteiger partial charge in [-0.25, -0.2) is 9.87 Å². The van der Waals surface area contributed by atoms with Crippen LogP contribution in [0.5, 0.6) is 0 Å². The molecule has 2 aromatic rings. The largest absolute Gasteiger partial charge is 0.391 e. The van der Waals surface area contributed by atoms with Crippen LogP contribution in [0.3, 0.4) is 0 Å². The van der Waals surface area contributed by atoms with Crippen LogP contribution >= 0.6 is 22.6 Å². The Morgan fingerprint density at radius 1 is 1.40 bits per heavy atom. The molecule has 0 aliphatic carbocycles. The van der Waals surface area contributed by atoms with Gasteiger partial charge in [-0.1, -0.05) is 0 Å². The number of nitrogens with zero attached hydrogens (tertiary/aromatic N) is 1. The van der Waals surface area contributed by atoms with Gasteiger partial charge in [0.25, 0.3) is 11.5 Å². The van der Waals surface area contributed by atoms with Gasteiger partial charge in [-0.3, -0.25) is 19.0 Å². The molecule has 0 saturated heterocycles. The molecule has 25 heavy (non-hydrogen) atoms. The molecule has 1 heterocycles. The monoisotopic (exact) mass is 461 g/mol. The number of aliphatic hydroxyl groups excluding tert-OH is 1. The molecule has 1 aromatic heterocycles. The molecular formula is C16H17FIN3O4. The average molecular weight is 461 g/mol. The van der Waals surface area contributed by atoms with Gasteiger partial charge < -0.3 is 10.4 Å². The number of hydroxylamine groups is 1. The number of anilines is 2. The van der Waals surface area contributed by atoms with Crippen molar-refractivity contribution in [3.8, 4) is 0 Å². The fraction of sp³-hybridized carbons (Fsp3) is 0.250. The number of aromatic nitrogens is 1. The molecule has 9 heteroatoms. The van der Waals surface area contributed by atoms with Crippen molar-refractivity contribution < 1.29 is 19.1 Å². The molecule has 2 rings (SSSR count). The maximum absolute atomic E-state index is 14.1. The summed E-state index contributed by atoms with van der Waals surface area (Å²) < 4.78 is 16.0. The lowest BCUT2D eigenvalue weighted by Crippen LogP contribution is -2.30. The van der Waals surface area contributed by atoms with Gasteiger partial charge in [-0.2, -0.15) is 0 Å². The zero-order valence-electron chi connectivity index (χ0n) is 13.5. The molecule has 0 aliphatic heterocycles. The second-order valence-electron chi connectivity index (χ2n) is 5.33. The summed E-state index contributed by atoms with van der Waals surface area (Å²) in [4.78, 5) is 29.0. The van der Waals surface area contributed by atoms with E-state index in [-0.39, 0.29) is 29.2 Å². The number of carbonyl (C=O) groups is 1. The molecule has 0 fully saturated rings. The van der Waals surface area contributed by atoms with Gasteiger partial charge in [-0.15, -0.1) is 0 Å². The fourth-order valence-corrected chi connectivity index (χ4v) is 2.43. The van der Waals surface area contributed by atoms with Gasteiger partial charge in [0.05, 0.1) is 17.4 Å². The standard InChI is InChI=1S/C16H17FIN3O4/c1-9(22)8-25-20-16(24)11-4-6-14(23)21(2)15(11)19-13-5-3-10(18)7-12(13)17/h3-7,9,19,22H,8H2,1-2H3,(H,20,24)/t9-/m0/s1. The van der Waals surface area contributed by atoms with Crippen molar-refractivity contribution in [3.05, 3.63) is 55.6 Å². The molecule has 134 valence electrons. The number of benzene rings is 1. The summed E-state index contributed by atoms with van der Waals surface area (Å²) in [6, 6.07) is 7.07. The molecule has 0 saturated carbocycles. The molecule has 0 spiro atoms. The number of hydrogen-bond donors (Lipinski definition) is 3. The zero-order chi connectivity index (χ0) is 18.6. The van der Waals surface area contributed by atoms with Crippen LogP contribution in [0.25, 0.3) is 0 Å². The van der Waals surface area contributed by atoms with Gasteiger partial charge in [0.2, 0.25) is 0 Å². The van der Waals surface area contributed by atoms with E-state index in [9.17, 15) is 14.0 Å². The Hall–Kier alpha value is -1.98. The van der Waals surface area contributed by atoms with Crippen molar-refractivity contribution in [2.24, 2.45) is 7.05 Å². The van der Waals surface area contributed by atoms with E-state index in [0.29, 0.717) is 3.57 Å². The molecule has 0 unspecified atom stereocenters. The first-order valence-corrected chi connectivity index (χ1v) is 8.39. The zero-order valence-corrected chi connectivity index (χ0v) is 15.7. The van der Waals surface area contributed by atoms with Gasteiger partial charge >= 0.3 is 0 Å². The number of aliphatic hydroxyl groups is 1. The highest BCUT2D eigenvalue weighted by atomic mass is 127. The third-order valence-electron chi connectivity index (χ3n) is 3.23. The van der Waals surface area contributed by atoms with Crippen LogP contribution in [0.15, 0.2) is 35.1 Å². The second kappa shape index (κ2) is 8.41. The lowest BCUT2D eigenvalue weighted by molar-refractivity contribution is -0.00685. The highest BCUT2D eigenvalue weighted by Gasteiger charge is 2.17. The number of halogens is 2. The smallest absolute Gasteiger partial charge is 0.278 e. The molecule has 0 aliphatic rings. The molecule has 0 radical (unpaired) electrons. The van der Waals surface area contributed by atoms with Crippen molar-refractivity contribution in [2.45, 2.75) is 13.0 Å². The predicted octanol–water partition coefficient (Wildman–Crippen LogP) is 1.91. The van der Waals surface area contributed by atoms with Crippen LogP contribution < -0.4 is 16.4 Å². The number of nitrogens with one attached hydrogen (secondary N) is 2. The van der Waals surface area contributed by atoms with Crippen LogP contribution in [0.2, 0.25) is 0 Å². The van der Waals surface area contributed by atoms with E-state index in [1.54, 1.807) is 6.07 Å². The van der Waals surface area contributed by atoms with E-state index >= 15 is 0 Å². The third kappa shape index (κ3) is 5.00. The summed E-state index contributed by atoms with van der Waals surface area (Å²) in [7, 11) is 1.46. The minimum Gasteiger partial charge on any atom is -0.391 e. The molecule has 3 N–H and O–H groups in total. The van der Waals surface area contributed by atoms with Gasteiger partial charge in [0.15, 0.2) is 0 Å². The van der Waals surface area contributed by atoms with Crippen molar-refractivity contribution in [1.29, 1.82) is 0 Å². The number of carbonyl (C=O) groups excluding carboxylic acids is 1. The van der Waals surface area contributed by atoms with Crippen LogP contribution in [0, 0.1) is 9.39 Å². The van der Waals surface area contributed by atoms with E-state index in [2.05, 4.69) is 10.8 Å².